The van der Waals surface area contributed by atoms with Gasteiger partial charge in [0.2, 0.25) is 15.9 Å². The largest absolute Gasteiger partial charge is 0.326 e. The van der Waals surface area contributed by atoms with Crippen LogP contribution in [0.5, 0.6) is 0 Å². The molecule has 0 heterocycles. The zero-order valence-electron chi connectivity index (χ0n) is 16.2. The average molecular weight is 407 g/mol. The first-order chi connectivity index (χ1) is 12.7. The quantitative estimate of drug-likeness (QED) is 0.667. The second-order valence-electron chi connectivity index (χ2n) is 6.51. The van der Waals surface area contributed by atoms with Crippen molar-refractivity contribution in [3.8, 4) is 0 Å². The molecule has 2 aromatic rings. The number of benzene rings is 2. The molecule has 0 unspecified atom stereocenters. The molecular weight excluding hydrogens is 380 g/mol. The number of nitrogens with one attached hydrogen (secondary N) is 1. The van der Waals surface area contributed by atoms with Gasteiger partial charge in [-0.15, -0.1) is 11.8 Å². The van der Waals surface area contributed by atoms with Gasteiger partial charge in [0.05, 0.1) is 11.9 Å². The van der Waals surface area contributed by atoms with Gasteiger partial charge in [0, 0.05) is 23.5 Å². The molecular formula is C20H26N2O3S2. The lowest BCUT2D eigenvalue weighted by atomic mass is 10.1. The molecule has 0 aliphatic rings. The predicted octanol–water partition coefficient (Wildman–Crippen LogP) is 4.21. The average Bonchev–Trinajstić information content (AvgIpc) is 2.60. The Balaban J connectivity index is 2.01. The molecule has 7 heteroatoms. The summed E-state index contributed by atoms with van der Waals surface area (Å²) in [5, 5.41) is 2.87. The summed E-state index contributed by atoms with van der Waals surface area (Å²) in [5.41, 5.74) is 3.31. The van der Waals surface area contributed by atoms with E-state index in [1.807, 2.05) is 62.6 Å². The fourth-order valence-corrected chi connectivity index (χ4v) is 4.23. The SMILES string of the molecule is CSc1cccc(NC(=O)CCCN(c2cc(C)ccc2C)S(C)(=O)=O)c1. The van der Waals surface area contributed by atoms with Crippen LogP contribution in [-0.2, 0) is 14.8 Å². The van der Waals surface area contributed by atoms with Crippen molar-refractivity contribution < 1.29 is 13.2 Å². The molecule has 5 nitrogen and oxygen atoms in total. The van der Waals surface area contributed by atoms with E-state index in [0.29, 0.717) is 12.1 Å². The van der Waals surface area contributed by atoms with Gasteiger partial charge in [-0.1, -0.05) is 18.2 Å². The summed E-state index contributed by atoms with van der Waals surface area (Å²) in [6.45, 7) is 4.08. The molecule has 2 aromatic carbocycles. The molecule has 27 heavy (non-hydrogen) atoms. The normalized spacial score (nSPS) is 11.3. The summed E-state index contributed by atoms with van der Waals surface area (Å²) < 4.78 is 25.9. The molecule has 0 fully saturated rings. The van der Waals surface area contributed by atoms with E-state index in [9.17, 15) is 13.2 Å². The molecule has 0 spiro atoms. The first kappa shape index (κ1) is 21.3. The number of carbonyl (C=O) groups excluding carboxylic acids is 1. The summed E-state index contributed by atoms with van der Waals surface area (Å²) in [5.74, 6) is -0.123. The van der Waals surface area contributed by atoms with Crippen molar-refractivity contribution in [2.24, 2.45) is 0 Å². The summed E-state index contributed by atoms with van der Waals surface area (Å²) >= 11 is 1.61. The lowest BCUT2D eigenvalue weighted by Crippen LogP contribution is -2.32. The van der Waals surface area contributed by atoms with Crippen molar-refractivity contribution in [3.05, 3.63) is 53.6 Å². The Morgan fingerprint density at radius 3 is 2.56 bits per heavy atom. The van der Waals surface area contributed by atoms with Crippen LogP contribution in [-0.4, -0.2) is 33.4 Å². The second-order valence-corrected chi connectivity index (χ2v) is 9.30. The van der Waals surface area contributed by atoms with E-state index in [0.717, 1.165) is 21.7 Å². The molecule has 1 N–H and O–H groups in total. The molecule has 0 aliphatic heterocycles. The van der Waals surface area contributed by atoms with Crippen LogP contribution in [0.1, 0.15) is 24.0 Å². The Morgan fingerprint density at radius 2 is 1.89 bits per heavy atom. The lowest BCUT2D eigenvalue weighted by Gasteiger charge is -2.24. The van der Waals surface area contributed by atoms with Gasteiger partial charge in [-0.3, -0.25) is 9.10 Å². The van der Waals surface area contributed by atoms with Crippen LogP contribution in [0.25, 0.3) is 0 Å². The smallest absolute Gasteiger partial charge is 0.232 e. The van der Waals surface area contributed by atoms with Gasteiger partial charge >= 0.3 is 0 Å². The number of aryl methyl sites for hydroxylation is 2. The van der Waals surface area contributed by atoms with Crippen LogP contribution in [0.2, 0.25) is 0 Å². The topological polar surface area (TPSA) is 66.5 Å². The second kappa shape index (κ2) is 9.28. The van der Waals surface area contributed by atoms with Crippen molar-refractivity contribution in [2.45, 2.75) is 31.6 Å². The molecule has 0 aromatic heterocycles. The van der Waals surface area contributed by atoms with Crippen molar-refractivity contribution in [2.75, 3.05) is 28.7 Å². The molecule has 1 amide bonds. The van der Waals surface area contributed by atoms with Crippen molar-refractivity contribution in [3.63, 3.8) is 0 Å². The third-order valence-electron chi connectivity index (χ3n) is 4.15. The number of rotatable bonds is 8. The Labute approximate surface area is 166 Å². The number of thioether (sulfide) groups is 1. The van der Waals surface area contributed by atoms with Gasteiger partial charge in [0.1, 0.15) is 0 Å². The molecule has 0 aliphatic carbocycles. The van der Waals surface area contributed by atoms with E-state index in [2.05, 4.69) is 5.32 Å². The minimum absolute atomic E-state index is 0.123. The maximum absolute atomic E-state index is 12.3. The first-order valence-corrected chi connectivity index (χ1v) is 11.8. The predicted molar refractivity (Wildman–Crippen MR) is 114 cm³/mol. The Morgan fingerprint density at radius 1 is 1.15 bits per heavy atom. The Kier molecular flexibility index (Phi) is 7.33. The number of amides is 1. The fourth-order valence-electron chi connectivity index (χ4n) is 2.76. The van der Waals surface area contributed by atoms with E-state index in [-0.39, 0.29) is 18.9 Å². The lowest BCUT2D eigenvalue weighted by molar-refractivity contribution is -0.116. The first-order valence-electron chi connectivity index (χ1n) is 8.69. The van der Waals surface area contributed by atoms with E-state index >= 15 is 0 Å². The minimum atomic E-state index is -3.42. The van der Waals surface area contributed by atoms with E-state index < -0.39 is 10.0 Å². The van der Waals surface area contributed by atoms with Crippen molar-refractivity contribution in [1.29, 1.82) is 0 Å². The summed E-state index contributed by atoms with van der Waals surface area (Å²) in [7, 11) is -3.42. The van der Waals surface area contributed by atoms with Gasteiger partial charge in [-0.25, -0.2) is 8.42 Å². The summed E-state index contributed by atoms with van der Waals surface area (Å²) in [6, 6.07) is 13.4. The number of hydrogen-bond acceptors (Lipinski definition) is 4. The molecule has 0 atom stereocenters. The highest BCUT2D eigenvalue weighted by Gasteiger charge is 2.19. The zero-order valence-corrected chi connectivity index (χ0v) is 17.8. The molecule has 146 valence electrons. The van der Waals surface area contributed by atoms with Crippen LogP contribution in [0.3, 0.4) is 0 Å². The summed E-state index contributed by atoms with van der Waals surface area (Å²) in [6.07, 6.45) is 3.87. The van der Waals surface area contributed by atoms with E-state index in [1.54, 1.807) is 11.8 Å². The molecule has 0 saturated carbocycles. The van der Waals surface area contributed by atoms with E-state index in [1.165, 1.54) is 10.6 Å². The highest BCUT2D eigenvalue weighted by Crippen LogP contribution is 2.24. The van der Waals surface area contributed by atoms with Gasteiger partial charge in [0.25, 0.3) is 0 Å². The highest BCUT2D eigenvalue weighted by atomic mass is 32.2. The zero-order chi connectivity index (χ0) is 20.0. The van der Waals surface area contributed by atoms with Crippen LogP contribution < -0.4 is 9.62 Å². The Hall–Kier alpha value is -1.99. The minimum Gasteiger partial charge on any atom is -0.326 e. The third kappa shape index (κ3) is 6.29. The maximum atomic E-state index is 12.3. The number of carbonyl (C=O) groups is 1. The van der Waals surface area contributed by atoms with Crippen LogP contribution >= 0.6 is 11.8 Å². The van der Waals surface area contributed by atoms with E-state index in [4.69, 9.17) is 0 Å². The van der Waals surface area contributed by atoms with Crippen LogP contribution in [0, 0.1) is 13.8 Å². The van der Waals surface area contributed by atoms with Crippen molar-refractivity contribution in [1.82, 2.24) is 0 Å². The van der Waals surface area contributed by atoms with Gasteiger partial charge in [-0.05, 0) is 61.9 Å². The number of nitrogens with zero attached hydrogens (tertiary/aromatic N) is 1. The molecule has 0 bridgehead atoms. The van der Waals surface area contributed by atoms with Crippen LogP contribution in [0.15, 0.2) is 47.4 Å². The van der Waals surface area contributed by atoms with Crippen LogP contribution in [0.4, 0.5) is 11.4 Å². The van der Waals surface area contributed by atoms with Gasteiger partial charge < -0.3 is 5.32 Å². The number of anilines is 2. The third-order valence-corrected chi connectivity index (χ3v) is 6.06. The number of sulfonamides is 1. The number of hydrogen-bond donors (Lipinski definition) is 1. The standard InChI is InChI=1S/C20H26N2O3S2/c1-15-10-11-16(2)19(13-15)22(27(4,24)25)12-6-9-20(23)21-17-7-5-8-18(14-17)26-3/h5,7-8,10-11,13-14H,6,9,12H2,1-4H3,(H,21,23). The monoisotopic (exact) mass is 406 g/mol. The van der Waals surface area contributed by atoms with Gasteiger partial charge in [-0.2, -0.15) is 0 Å². The summed E-state index contributed by atoms with van der Waals surface area (Å²) in [4.78, 5) is 13.3. The van der Waals surface area contributed by atoms with Crippen molar-refractivity contribution >= 4 is 39.1 Å². The fraction of sp³-hybridized carbons (Fsp3) is 0.350. The molecule has 0 saturated heterocycles. The molecule has 2 rings (SSSR count). The van der Waals surface area contributed by atoms with Gasteiger partial charge in [0.15, 0.2) is 0 Å². The Bertz CT molecular complexity index is 911. The highest BCUT2D eigenvalue weighted by molar-refractivity contribution is 7.98. The molecule has 0 radical (unpaired) electrons. The maximum Gasteiger partial charge on any atom is 0.232 e.